The molecule has 0 saturated carbocycles. The molecule has 6 heteroatoms. The van der Waals surface area contributed by atoms with Gasteiger partial charge in [0, 0.05) is 12.5 Å². The summed E-state index contributed by atoms with van der Waals surface area (Å²) in [4.78, 5) is 12.5. The first-order valence-electron chi connectivity index (χ1n) is 13.1. The topological polar surface area (TPSA) is 85.2 Å². The minimum atomic E-state index is -1.01. The SMILES string of the molecule is C=C1CC(O)/C=C\CC(C(O)/C=C/C2CC(C)=CCO2)OC(=O)/C=C\CC2C=CCC(CC(C)C1)O2. The summed E-state index contributed by atoms with van der Waals surface area (Å²) < 4.78 is 17.5. The largest absolute Gasteiger partial charge is 0.456 e. The molecule has 0 aromatic carbocycles. The average Bonchev–Trinajstić information content (AvgIpc) is 2.81. The van der Waals surface area contributed by atoms with E-state index >= 15 is 0 Å². The Bertz CT molecular complexity index is 882. The molecule has 0 aromatic rings. The minimum absolute atomic E-state index is 0.0795. The van der Waals surface area contributed by atoms with Crippen LogP contribution in [-0.4, -0.2) is 59.4 Å². The van der Waals surface area contributed by atoms with E-state index in [1.807, 2.05) is 18.2 Å². The van der Waals surface area contributed by atoms with Gasteiger partial charge in [-0.15, -0.1) is 0 Å². The van der Waals surface area contributed by atoms with Gasteiger partial charge in [-0.05, 0) is 51.4 Å². The van der Waals surface area contributed by atoms with Gasteiger partial charge < -0.3 is 24.4 Å². The Hall–Kier alpha value is -2.25. The van der Waals surface area contributed by atoms with Gasteiger partial charge in [-0.2, -0.15) is 0 Å². The third kappa shape index (κ3) is 10.0. The summed E-state index contributed by atoms with van der Waals surface area (Å²) in [5, 5.41) is 21.3. The number of hydrogen-bond acceptors (Lipinski definition) is 6. The van der Waals surface area contributed by atoms with E-state index in [0.29, 0.717) is 25.4 Å². The smallest absolute Gasteiger partial charge is 0.330 e. The van der Waals surface area contributed by atoms with Gasteiger partial charge in [0.05, 0.1) is 31.0 Å². The van der Waals surface area contributed by atoms with Gasteiger partial charge in [-0.3, -0.25) is 0 Å². The van der Waals surface area contributed by atoms with Gasteiger partial charge in [0.2, 0.25) is 0 Å². The second-order valence-corrected chi connectivity index (χ2v) is 10.3. The Kier molecular flexibility index (Phi) is 11.4. The van der Waals surface area contributed by atoms with Crippen LogP contribution in [0.3, 0.4) is 0 Å². The number of carbonyl (C=O) groups excluding carboxylic acids is 1. The maximum Gasteiger partial charge on any atom is 0.330 e. The van der Waals surface area contributed by atoms with Crippen molar-refractivity contribution in [2.75, 3.05) is 6.61 Å². The highest BCUT2D eigenvalue weighted by atomic mass is 16.6. The standard InChI is InChI=1S/C30H42O6/c1-21-15-16-34-26(19-21)13-14-28(32)29-11-4-7-24(31)18-22(2)17-23(3)20-27-10-5-8-25(35-27)9-6-12-30(33)36-29/h4-8,12-15,23-29,31-32H,2,9-11,16-20H2,1,3H3/b7-4-,12-6-,14-13+. The van der Waals surface area contributed by atoms with E-state index in [2.05, 4.69) is 26.5 Å². The summed E-state index contributed by atoms with van der Waals surface area (Å²) in [5.74, 6) is -0.123. The van der Waals surface area contributed by atoms with Crippen molar-refractivity contribution in [1.82, 2.24) is 0 Å². The van der Waals surface area contributed by atoms with Crippen LogP contribution in [-0.2, 0) is 19.0 Å². The lowest BCUT2D eigenvalue weighted by Gasteiger charge is -2.28. The van der Waals surface area contributed by atoms with Crippen LogP contribution in [0.4, 0.5) is 0 Å². The number of cyclic esters (lactones) is 1. The minimum Gasteiger partial charge on any atom is -0.456 e. The number of esters is 1. The molecule has 3 aliphatic heterocycles. The quantitative estimate of drug-likeness (QED) is 0.426. The molecule has 0 aliphatic carbocycles. The van der Waals surface area contributed by atoms with Crippen LogP contribution in [0.2, 0.25) is 0 Å². The Morgan fingerprint density at radius 2 is 1.92 bits per heavy atom. The van der Waals surface area contributed by atoms with E-state index in [0.717, 1.165) is 31.3 Å². The van der Waals surface area contributed by atoms with Gasteiger partial charge in [-0.25, -0.2) is 4.79 Å². The van der Waals surface area contributed by atoms with Crippen molar-refractivity contribution in [3.8, 4) is 0 Å². The van der Waals surface area contributed by atoms with Crippen LogP contribution in [0.1, 0.15) is 58.8 Å². The van der Waals surface area contributed by atoms with Gasteiger partial charge in [0.15, 0.2) is 0 Å². The predicted molar refractivity (Wildman–Crippen MR) is 141 cm³/mol. The second-order valence-electron chi connectivity index (χ2n) is 10.3. The van der Waals surface area contributed by atoms with Crippen LogP contribution in [0.5, 0.6) is 0 Å². The predicted octanol–water partition coefficient (Wildman–Crippen LogP) is 4.89. The van der Waals surface area contributed by atoms with Crippen molar-refractivity contribution in [2.24, 2.45) is 5.92 Å². The molecule has 7 unspecified atom stereocenters. The van der Waals surface area contributed by atoms with Gasteiger partial charge in [0.25, 0.3) is 0 Å². The summed E-state index contributed by atoms with van der Waals surface area (Å²) >= 11 is 0. The average molecular weight is 499 g/mol. The first kappa shape index (κ1) is 28.3. The zero-order valence-corrected chi connectivity index (χ0v) is 21.6. The number of ether oxygens (including phenoxy) is 3. The van der Waals surface area contributed by atoms with Gasteiger partial charge >= 0.3 is 5.97 Å². The van der Waals surface area contributed by atoms with E-state index in [-0.39, 0.29) is 24.7 Å². The normalized spacial score (nSPS) is 35.8. The Balaban J connectivity index is 1.70. The third-order valence-electron chi connectivity index (χ3n) is 6.70. The van der Waals surface area contributed by atoms with Crippen molar-refractivity contribution in [1.29, 1.82) is 0 Å². The molecule has 0 radical (unpaired) electrons. The van der Waals surface area contributed by atoms with Crippen molar-refractivity contribution in [3.05, 3.63) is 72.4 Å². The molecular weight excluding hydrogens is 456 g/mol. The van der Waals surface area contributed by atoms with Crippen molar-refractivity contribution in [3.63, 3.8) is 0 Å². The van der Waals surface area contributed by atoms with Crippen molar-refractivity contribution >= 4 is 5.97 Å². The van der Waals surface area contributed by atoms with E-state index in [4.69, 9.17) is 14.2 Å². The number of aliphatic hydroxyl groups is 2. The second kappa shape index (κ2) is 14.5. The molecule has 0 aromatic heterocycles. The molecule has 36 heavy (non-hydrogen) atoms. The highest BCUT2D eigenvalue weighted by molar-refractivity contribution is 5.82. The molecular formula is C30H42O6. The number of fused-ring (bicyclic) bond motifs is 2. The van der Waals surface area contributed by atoms with Crippen LogP contribution >= 0.6 is 0 Å². The summed E-state index contributed by atoms with van der Waals surface area (Å²) in [6, 6.07) is 0. The summed E-state index contributed by atoms with van der Waals surface area (Å²) in [6.45, 7) is 8.95. The Labute approximate surface area is 215 Å². The highest BCUT2D eigenvalue weighted by Gasteiger charge is 2.23. The lowest BCUT2D eigenvalue weighted by molar-refractivity contribution is -0.147. The molecule has 6 nitrogen and oxygen atoms in total. The fourth-order valence-electron chi connectivity index (χ4n) is 4.86. The first-order valence-corrected chi connectivity index (χ1v) is 13.1. The van der Waals surface area contributed by atoms with Crippen LogP contribution in [0.25, 0.3) is 0 Å². The maximum atomic E-state index is 12.5. The molecule has 0 amide bonds. The lowest BCUT2D eigenvalue weighted by atomic mass is 9.91. The van der Waals surface area contributed by atoms with Crippen molar-refractivity contribution < 1.29 is 29.2 Å². The molecule has 7 atom stereocenters. The Morgan fingerprint density at radius 1 is 1.11 bits per heavy atom. The Morgan fingerprint density at radius 3 is 2.72 bits per heavy atom. The lowest BCUT2D eigenvalue weighted by Crippen LogP contribution is -2.30. The highest BCUT2D eigenvalue weighted by Crippen LogP contribution is 2.26. The first-order chi connectivity index (χ1) is 17.3. The molecule has 2 bridgehead atoms. The van der Waals surface area contributed by atoms with Crippen LogP contribution in [0.15, 0.2) is 72.4 Å². The molecule has 198 valence electrons. The monoisotopic (exact) mass is 498 g/mol. The van der Waals surface area contributed by atoms with E-state index in [1.165, 1.54) is 11.6 Å². The molecule has 3 heterocycles. The number of hydrogen-bond donors (Lipinski definition) is 2. The summed E-state index contributed by atoms with van der Waals surface area (Å²) in [6.07, 6.45) is 18.5. The molecule has 0 fully saturated rings. The summed E-state index contributed by atoms with van der Waals surface area (Å²) in [7, 11) is 0. The maximum absolute atomic E-state index is 12.5. The molecule has 0 spiro atoms. The fourth-order valence-corrected chi connectivity index (χ4v) is 4.86. The van der Waals surface area contributed by atoms with E-state index < -0.39 is 24.3 Å². The number of carbonyl (C=O) groups is 1. The fraction of sp³-hybridized carbons (Fsp3) is 0.567. The number of rotatable bonds is 3. The molecule has 3 aliphatic rings. The van der Waals surface area contributed by atoms with Gasteiger partial charge in [-0.1, -0.05) is 73.3 Å². The zero-order valence-electron chi connectivity index (χ0n) is 21.6. The third-order valence-corrected chi connectivity index (χ3v) is 6.70. The van der Waals surface area contributed by atoms with E-state index in [1.54, 1.807) is 24.3 Å². The summed E-state index contributed by atoms with van der Waals surface area (Å²) in [5.41, 5.74) is 2.24. The molecule has 2 N–H and O–H groups in total. The van der Waals surface area contributed by atoms with Gasteiger partial charge in [0.1, 0.15) is 12.2 Å². The van der Waals surface area contributed by atoms with Crippen LogP contribution < -0.4 is 0 Å². The van der Waals surface area contributed by atoms with Crippen LogP contribution in [0, 0.1) is 5.92 Å². The molecule has 3 rings (SSSR count). The number of aliphatic hydroxyl groups excluding tert-OH is 2. The van der Waals surface area contributed by atoms with Crippen molar-refractivity contribution in [2.45, 2.75) is 95.4 Å². The molecule has 0 saturated heterocycles. The zero-order chi connectivity index (χ0) is 25.9. The van der Waals surface area contributed by atoms with E-state index in [9.17, 15) is 15.0 Å².